The molecule has 1 aliphatic heterocycles. The Hall–Kier alpha value is -2.48. The van der Waals surface area contributed by atoms with Gasteiger partial charge in [0.1, 0.15) is 11.3 Å². The number of aromatic amines is 1. The Morgan fingerprint density at radius 2 is 2.11 bits per heavy atom. The van der Waals surface area contributed by atoms with E-state index in [1.807, 2.05) is 34.0 Å². The molecule has 0 bridgehead atoms. The predicted octanol–water partition coefficient (Wildman–Crippen LogP) is 2.53. The minimum absolute atomic E-state index is 0.0828. The molecule has 3 rings (SSSR count). The molecule has 1 aliphatic rings. The molecule has 2 aromatic rings. The number of H-pyrrole nitrogens is 1. The van der Waals surface area contributed by atoms with Gasteiger partial charge >= 0.3 is 6.09 Å². The Balaban J connectivity index is 1.78. The molecule has 2 atom stereocenters. The lowest BCUT2D eigenvalue weighted by molar-refractivity contribution is 0.0499. The van der Waals surface area contributed by atoms with Crippen LogP contribution in [0.2, 0.25) is 5.02 Å². The number of aryl methyl sites for hydroxylation is 1. The van der Waals surface area contributed by atoms with E-state index in [1.54, 1.807) is 28.0 Å². The monoisotopic (exact) mass is 393 g/mol. The van der Waals surface area contributed by atoms with Gasteiger partial charge in [-0.05, 0) is 32.4 Å². The van der Waals surface area contributed by atoms with E-state index in [-0.39, 0.29) is 17.9 Å². The molecule has 146 valence electrons. The minimum Gasteiger partial charge on any atom is -0.444 e. The first-order valence-electron chi connectivity index (χ1n) is 8.73. The highest BCUT2D eigenvalue weighted by Crippen LogP contribution is 2.29. The van der Waals surface area contributed by atoms with Crippen molar-refractivity contribution in [2.75, 3.05) is 13.1 Å². The number of amides is 2. The van der Waals surface area contributed by atoms with E-state index in [0.717, 1.165) is 5.56 Å². The highest BCUT2D eigenvalue weighted by atomic mass is 35.5. The molecule has 8 nitrogen and oxygen atoms in total. The Bertz CT molecular complexity index is 838. The molecule has 2 aromatic heterocycles. The number of rotatable bonds is 3. The van der Waals surface area contributed by atoms with Gasteiger partial charge in [0.25, 0.3) is 5.91 Å². The standard InChI is InChI=1S/C18H24ClN5O3/c1-18(2,3)27-17(26)22-15-10-24(16(25)14-5-12(19)7-20-14)9-13(15)11-6-21-23(4)8-11/h5-8,13,15,20H,9-10H2,1-4H3,(H,22,26)/t13-,15+/m0/s1. The largest absolute Gasteiger partial charge is 0.444 e. The Morgan fingerprint density at radius 3 is 2.67 bits per heavy atom. The number of hydrogen-bond donors (Lipinski definition) is 2. The van der Waals surface area contributed by atoms with Crippen LogP contribution in [0.4, 0.5) is 4.79 Å². The average Bonchev–Trinajstić information content (AvgIpc) is 3.25. The third-order valence-corrected chi connectivity index (χ3v) is 4.56. The van der Waals surface area contributed by atoms with Gasteiger partial charge in [0.15, 0.2) is 0 Å². The number of likely N-dealkylation sites (tertiary alicyclic amines) is 1. The lowest BCUT2D eigenvalue weighted by atomic mass is 9.97. The fourth-order valence-corrected chi connectivity index (χ4v) is 3.37. The van der Waals surface area contributed by atoms with Crippen molar-refractivity contribution in [2.24, 2.45) is 7.05 Å². The maximum atomic E-state index is 12.8. The molecule has 0 saturated carbocycles. The van der Waals surface area contributed by atoms with Gasteiger partial charge in [-0.25, -0.2) is 4.79 Å². The van der Waals surface area contributed by atoms with Crippen LogP contribution >= 0.6 is 11.6 Å². The van der Waals surface area contributed by atoms with Crippen molar-refractivity contribution in [3.05, 3.63) is 40.9 Å². The molecular formula is C18H24ClN5O3. The van der Waals surface area contributed by atoms with Crippen molar-refractivity contribution in [1.29, 1.82) is 0 Å². The third-order valence-electron chi connectivity index (χ3n) is 4.34. The Morgan fingerprint density at radius 1 is 1.37 bits per heavy atom. The molecule has 2 N–H and O–H groups in total. The van der Waals surface area contributed by atoms with Crippen molar-refractivity contribution in [2.45, 2.75) is 38.3 Å². The van der Waals surface area contributed by atoms with E-state index in [4.69, 9.17) is 16.3 Å². The number of nitrogens with zero attached hydrogens (tertiary/aromatic N) is 3. The van der Waals surface area contributed by atoms with Gasteiger partial charge in [0.2, 0.25) is 0 Å². The molecule has 0 aromatic carbocycles. The maximum absolute atomic E-state index is 12.8. The molecule has 9 heteroatoms. The predicted molar refractivity (Wildman–Crippen MR) is 101 cm³/mol. The molecule has 1 saturated heterocycles. The van der Waals surface area contributed by atoms with Gasteiger partial charge in [-0.1, -0.05) is 11.6 Å². The number of nitrogens with one attached hydrogen (secondary N) is 2. The number of carbonyl (C=O) groups excluding carboxylic acids is 2. The summed E-state index contributed by atoms with van der Waals surface area (Å²) in [5.74, 6) is -0.245. The van der Waals surface area contributed by atoms with Crippen LogP contribution in [0.3, 0.4) is 0 Å². The fourth-order valence-electron chi connectivity index (χ4n) is 3.21. The van der Waals surface area contributed by atoms with Crippen LogP contribution in [0.25, 0.3) is 0 Å². The van der Waals surface area contributed by atoms with E-state index in [1.165, 1.54) is 0 Å². The van der Waals surface area contributed by atoms with Crippen molar-refractivity contribution in [1.82, 2.24) is 25.0 Å². The molecular weight excluding hydrogens is 370 g/mol. The second kappa shape index (κ2) is 7.26. The molecule has 0 unspecified atom stereocenters. The van der Waals surface area contributed by atoms with Gasteiger partial charge < -0.3 is 19.9 Å². The maximum Gasteiger partial charge on any atom is 0.407 e. The number of aromatic nitrogens is 3. The zero-order valence-corrected chi connectivity index (χ0v) is 16.6. The van der Waals surface area contributed by atoms with Crippen molar-refractivity contribution in [3.63, 3.8) is 0 Å². The normalized spacial score (nSPS) is 20.0. The van der Waals surface area contributed by atoms with Gasteiger partial charge in [-0.3, -0.25) is 9.48 Å². The number of ether oxygens (including phenoxy) is 1. The van der Waals surface area contributed by atoms with E-state index in [0.29, 0.717) is 23.8 Å². The van der Waals surface area contributed by atoms with Gasteiger partial charge in [-0.15, -0.1) is 0 Å². The Labute approximate surface area is 162 Å². The summed E-state index contributed by atoms with van der Waals surface area (Å²) in [5, 5.41) is 7.59. The van der Waals surface area contributed by atoms with Crippen molar-refractivity contribution < 1.29 is 14.3 Å². The first kappa shape index (κ1) is 19.3. The number of hydrogen-bond acceptors (Lipinski definition) is 4. The number of alkyl carbamates (subject to hydrolysis) is 1. The smallest absolute Gasteiger partial charge is 0.407 e. The second-order valence-corrected chi connectivity index (χ2v) is 8.18. The van der Waals surface area contributed by atoms with Crippen LogP contribution in [0, 0.1) is 0 Å². The van der Waals surface area contributed by atoms with Crippen LogP contribution in [-0.2, 0) is 11.8 Å². The van der Waals surface area contributed by atoms with Crippen LogP contribution in [0.1, 0.15) is 42.7 Å². The van der Waals surface area contributed by atoms with Crippen LogP contribution < -0.4 is 5.32 Å². The highest BCUT2D eigenvalue weighted by molar-refractivity contribution is 6.30. The molecule has 3 heterocycles. The van der Waals surface area contributed by atoms with E-state index < -0.39 is 11.7 Å². The van der Waals surface area contributed by atoms with Gasteiger partial charge in [-0.2, -0.15) is 5.10 Å². The fraction of sp³-hybridized carbons (Fsp3) is 0.500. The van der Waals surface area contributed by atoms with E-state index >= 15 is 0 Å². The minimum atomic E-state index is -0.594. The summed E-state index contributed by atoms with van der Waals surface area (Å²) in [6.45, 7) is 6.26. The first-order valence-corrected chi connectivity index (χ1v) is 9.11. The van der Waals surface area contributed by atoms with Crippen LogP contribution in [-0.4, -0.2) is 56.4 Å². The molecule has 2 amide bonds. The zero-order valence-electron chi connectivity index (χ0n) is 15.8. The Kier molecular flexibility index (Phi) is 5.19. The molecule has 27 heavy (non-hydrogen) atoms. The third kappa shape index (κ3) is 4.63. The average molecular weight is 394 g/mol. The number of carbonyl (C=O) groups is 2. The summed E-state index contributed by atoms with van der Waals surface area (Å²) >= 11 is 5.91. The van der Waals surface area contributed by atoms with Crippen molar-refractivity contribution >= 4 is 23.6 Å². The quantitative estimate of drug-likeness (QED) is 0.838. The highest BCUT2D eigenvalue weighted by Gasteiger charge is 2.39. The van der Waals surface area contributed by atoms with E-state index in [9.17, 15) is 9.59 Å². The number of halogens is 1. The summed E-state index contributed by atoms with van der Waals surface area (Å²) in [6, 6.07) is 1.32. The van der Waals surface area contributed by atoms with Crippen LogP contribution in [0.15, 0.2) is 24.7 Å². The summed E-state index contributed by atoms with van der Waals surface area (Å²) < 4.78 is 7.08. The molecule has 0 spiro atoms. The second-order valence-electron chi connectivity index (χ2n) is 7.75. The lowest BCUT2D eigenvalue weighted by Crippen LogP contribution is -2.43. The SMILES string of the molecule is Cn1cc([C@@H]2CN(C(=O)c3cc(Cl)c[nH]3)C[C@H]2NC(=O)OC(C)(C)C)cn1. The zero-order chi connectivity index (χ0) is 19.8. The molecule has 0 radical (unpaired) electrons. The van der Waals surface area contributed by atoms with Gasteiger partial charge in [0, 0.05) is 38.4 Å². The van der Waals surface area contributed by atoms with Crippen molar-refractivity contribution in [3.8, 4) is 0 Å². The molecule has 0 aliphatic carbocycles. The lowest BCUT2D eigenvalue weighted by Gasteiger charge is -2.23. The molecule has 1 fully saturated rings. The van der Waals surface area contributed by atoms with Gasteiger partial charge in [0.05, 0.1) is 17.3 Å². The van der Waals surface area contributed by atoms with E-state index in [2.05, 4.69) is 15.4 Å². The summed E-state index contributed by atoms with van der Waals surface area (Å²) in [6.07, 6.45) is 4.72. The summed E-state index contributed by atoms with van der Waals surface area (Å²) in [7, 11) is 1.83. The topological polar surface area (TPSA) is 92.2 Å². The summed E-state index contributed by atoms with van der Waals surface area (Å²) in [4.78, 5) is 29.6. The first-order chi connectivity index (χ1) is 12.6. The van der Waals surface area contributed by atoms with Crippen LogP contribution in [0.5, 0.6) is 0 Å². The summed E-state index contributed by atoms with van der Waals surface area (Å²) in [5.41, 5.74) is 0.782.